The van der Waals surface area contributed by atoms with E-state index in [1.54, 1.807) is 0 Å². The molecule has 18 heavy (non-hydrogen) atoms. The molecular formula is C12H22O5S. The zero-order valence-corrected chi connectivity index (χ0v) is 11.2. The van der Waals surface area contributed by atoms with Crippen molar-refractivity contribution in [2.45, 2.75) is 37.9 Å². The fourth-order valence-electron chi connectivity index (χ4n) is 2.57. The van der Waals surface area contributed by atoms with Crippen molar-refractivity contribution in [3.8, 4) is 0 Å². The summed E-state index contributed by atoms with van der Waals surface area (Å²) in [6.07, 6.45) is 1.79. The number of carboxylic acids is 1. The third-order valence-corrected chi connectivity index (χ3v) is 4.56. The zero-order valence-electron chi connectivity index (χ0n) is 10.4. The molecule has 0 saturated heterocycles. The van der Waals surface area contributed by atoms with Crippen LogP contribution in [-0.2, 0) is 4.79 Å². The number of hydrogen-bond acceptors (Lipinski definition) is 5. The first-order valence-electron chi connectivity index (χ1n) is 6.32. The molecule has 4 atom stereocenters. The predicted molar refractivity (Wildman–Crippen MR) is 69.5 cm³/mol. The number of rotatable bonds is 8. The van der Waals surface area contributed by atoms with Crippen LogP contribution in [-0.4, -0.2) is 56.7 Å². The minimum absolute atomic E-state index is 0.0329. The summed E-state index contributed by atoms with van der Waals surface area (Å²) in [5.74, 6) is -0.123. The maximum atomic E-state index is 10.3. The normalized spacial score (nSPS) is 31.7. The number of aliphatic hydroxyl groups excluding tert-OH is 3. The van der Waals surface area contributed by atoms with Gasteiger partial charge in [0.2, 0.25) is 0 Å². The van der Waals surface area contributed by atoms with E-state index >= 15 is 0 Å². The average molecular weight is 278 g/mol. The number of carbonyl (C=O) groups is 1. The Morgan fingerprint density at radius 1 is 1.17 bits per heavy atom. The second-order valence-electron chi connectivity index (χ2n) is 4.82. The maximum Gasteiger partial charge on any atom is 0.313 e. The summed E-state index contributed by atoms with van der Waals surface area (Å²) in [5, 5.41) is 37.1. The predicted octanol–water partition coefficient (Wildman–Crippen LogP) is 0.325. The van der Waals surface area contributed by atoms with Crippen molar-refractivity contribution in [1.29, 1.82) is 0 Å². The van der Waals surface area contributed by atoms with Gasteiger partial charge in [0.25, 0.3) is 0 Å². The second kappa shape index (κ2) is 7.99. The second-order valence-corrected chi connectivity index (χ2v) is 5.93. The molecule has 4 N–H and O–H groups in total. The smallest absolute Gasteiger partial charge is 0.313 e. The lowest BCUT2D eigenvalue weighted by atomic mass is 9.89. The molecule has 106 valence electrons. The van der Waals surface area contributed by atoms with Gasteiger partial charge in [0.05, 0.1) is 18.0 Å². The molecule has 0 amide bonds. The van der Waals surface area contributed by atoms with Crippen molar-refractivity contribution in [1.82, 2.24) is 0 Å². The van der Waals surface area contributed by atoms with E-state index in [0.717, 1.165) is 25.0 Å². The molecule has 1 saturated carbocycles. The molecule has 0 aromatic carbocycles. The number of aliphatic carboxylic acids is 1. The van der Waals surface area contributed by atoms with Crippen LogP contribution in [0.15, 0.2) is 0 Å². The van der Waals surface area contributed by atoms with Crippen LogP contribution in [0.4, 0.5) is 0 Å². The minimum atomic E-state index is -0.797. The minimum Gasteiger partial charge on any atom is -0.481 e. The lowest BCUT2D eigenvalue weighted by Gasteiger charge is -2.21. The van der Waals surface area contributed by atoms with Gasteiger partial charge in [-0.25, -0.2) is 0 Å². The van der Waals surface area contributed by atoms with E-state index < -0.39 is 18.2 Å². The molecule has 0 heterocycles. The molecule has 2 unspecified atom stereocenters. The van der Waals surface area contributed by atoms with Crippen LogP contribution in [0.2, 0.25) is 0 Å². The van der Waals surface area contributed by atoms with Gasteiger partial charge in [-0.2, -0.15) is 11.8 Å². The first-order chi connectivity index (χ1) is 8.56. The molecule has 6 heteroatoms. The van der Waals surface area contributed by atoms with Crippen LogP contribution in [0.5, 0.6) is 0 Å². The van der Waals surface area contributed by atoms with Crippen molar-refractivity contribution in [2.75, 3.05) is 18.1 Å². The van der Waals surface area contributed by atoms with E-state index in [2.05, 4.69) is 0 Å². The molecule has 0 aromatic rings. The third-order valence-electron chi connectivity index (χ3n) is 3.53. The quantitative estimate of drug-likeness (QED) is 0.478. The summed E-state index contributed by atoms with van der Waals surface area (Å²) in [5.41, 5.74) is 0. The number of carboxylic acid groups (broad SMARTS) is 1. The highest BCUT2D eigenvalue weighted by molar-refractivity contribution is 7.99. The Balaban J connectivity index is 2.16. The molecule has 0 radical (unpaired) electrons. The van der Waals surface area contributed by atoms with Crippen molar-refractivity contribution in [3.63, 3.8) is 0 Å². The standard InChI is InChI=1S/C12H22O5S/c13-6-9-8(10(14)5-11(9)15)3-1-2-4-18-7-12(16)17/h8-11,13-15H,1-7H2,(H,16,17)/t8-,9-,10?,11?/m0/s1. The van der Waals surface area contributed by atoms with E-state index in [0.29, 0.717) is 6.42 Å². The number of aliphatic hydroxyl groups is 3. The first kappa shape index (κ1) is 15.8. The Morgan fingerprint density at radius 2 is 1.83 bits per heavy atom. The van der Waals surface area contributed by atoms with E-state index in [4.69, 9.17) is 5.11 Å². The zero-order chi connectivity index (χ0) is 13.5. The first-order valence-corrected chi connectivity index (χ1v) is 7.48. The summed E-state index contributed by atoms with van der Waals surface area (Å²) in [6.45, 7) is -0.0866. The number of hydrogen-bond donors (Lipinski definition) is 4. The molecule has 0 aromatic heterocycles. The summed E-state index contributed by atoms with van der Waals surface area (Å²) >= 11 is 1.39. The van der Waals surface area contributed by atoms with Gasteiger partial charge in [-0.3, -0.25) is 4.79 Å². The molecule has 1 rings (SSSR count). The summed E-state index contributed by atoms with van der Waals surface area (Å²) in [7, 11) is 0. The lowest BCUT2D eigenvalue weighted by Crippen LogP contribution is -2.25. The molecule has 0 spiro atoms. The Hall–Kier alpha value is -0.300. The van der Waals surface area contributed by atoms with Crippen LogP contribution in [0.3, 0.4) is 0 Å². The largest absolute Gasteiger partial charge is 0.481 e. The summed E-state index contributed by atoms with van der Waals surface area (Å²) < 4.78 is 0. The van der Waals surface area contributed by atoms with E-state index in [1.807, 2.05) is 0 Å². The van der Waals surface area contributed by atoms with Crippen LogP contribution in [0, 0.1) is 11.8 Å². The lowest BCUT2D eigenvalue weighted by molar-refractivity contribution is -0.133. The van der Waals surface area contributed by atoms with Crippen LogP contribution in [0.1, 0.15) is 25.7 Å². The molecule has 0 bridgehead atoms. The van der Waals surface area contributed by atoms with Crippen LogP contribution in [0.25, 0.3) is 0 Å². The highest BCUT2D eigenvalue weighted by atomic mass is 32.2. The fourth-order valence-corrected chi connectivity index (χ4v) is 3.30. The van der Waals surface area contributed by atoms with Crippen molar-refractivity contribution >= 4 is 17.7 Å². The molecule has 1 aliphatic carbocycles. The van der Waals surface area contributed by atoms with E-state index in [-0.39, 0.29) is 24.2 Å². The Kier molecular flexibility index (Phi) is 6.99. The van der Waals surface area contributed by atoms with Gasteiger partial charge in [-0.15, -0.1) is 0 Å². The fraction of sp³-hybridized carbons (Fsp3) is 0.917. The Morgan fingerprint density at radius 3 is 2.44 bits per heavy atom. The summed E-state index contributed by atoms with van der Waals surface area (Å²) in [6, 6.07) is 0. The topological polar surface area (TPSA) is 98.0 Å². The van der Waals surface area contributed by atoms with Gasteiger partial charge in [-0.05, 0) is 30.9 Å². The van der Waals surface area contributed by atoms with Crippen LogP contribution >= 0.6 is 11.8 Å². The van der Waals surface area contributed by atoms with E-state index in [1.165, 1.54) is 11.8 Å². The molecular weight excluding hydrogens is 256 g/mol. The highest BCUT2D eigenvalue weighted by Crippen LogP contribution is 2.35. The summed E-state index contributed by atoms with van der Waals surface area (Å²) in [4.78, 5) is 10.3. The van der Waals surface area contributed by atoms with Gasteiger partial charge in [0, 0.05) is 12.5 Å². The highest BCUT2D eigenvalue weighted by Gasteiger charge is 2.40. The SMILES string of the molecule is O=C(O)CSCCCC[C@@H]1C(O)CC(O)[C@H]1CO. The van der Waals surface area contributed by atoms with Gasteiger partial charge < -0.3 is 20.4 Å². The molecule has 1 fully saturated rings. The molecule has 0 aliphatic heterocycles. The van der Waals surface area contributed by atoms with Crippen molar-refractivity contribution in [2.24, 2.45) is 11.8 Å². The molecule has 1 aliphatic rings. The van der Waals surface area contributed by atoms with Crippen molar-refractivity contribution < 1.29 is 25.2 Å². The van der Waals surface area contributed by atoms with Crippen LogP contribution < -0.4 is 0 Å². The maximum absolute atomic E-state index is 10.3. The Labute approximate surface area is 111 Å². The Bertz CT molecular complexity index is 261. The number of thioether (sulfide) groups is 1. The van der Waals surface area contributed by atoms with Crippen molar-refractivity contribution in [3.05, 3.63) is 0 Å². The third kappa shape index (κ3) is 4.76. The molecule has 5 nitrogen and oxygen atoms in total. The number of unbranched alkanes of at least 4 members (excludes halogenated alkanes) is 1. The average Bonchev–Trinajstić information content (AvgIpc) is 2.57. The monoisotopic (exact) mass is 278 g/mol. The van der Waals surface area contributed by atoms with Gasteiger partial charge in [0.15, 0.2) is 0 Å². The van der Waals surface area contributed by atoms with Gasteiger partial charge in [0.1, 0.15) is 0 Å². The van der Waals surface area contributed by atoms with Gasteiger partial charge >= 0.3 is 5.97 Å². The van der Waals surface area contributed by atoms with E-state index in [9.17, 15) is 20.1 Å². The van der Waals surface area contributed by atoms with Gasteiger partial charge in [-0.1, -0.05) is 6.42 Å².